The summed E-state index contributed by atoms with van der Waals surface area (Å²) in [4.78, 5) is 15.8. The minimum Gasteiger partial charge on any atom is -0.365 e. The van der Waals surface area contributed by atoms with Crippen LogP contribution in [0, 0.1) is 0 Å². The van der Waals surface area contributed by atoms with Crippen molar-refractivity contribution in [2.75, 3.05) is 13.1 Å². The Balaban J connectivity index is 2.23. The first-order chi connectivity index (χ1) is 7.12. The van der Waals surface area contributed by atoms with Crippen LogP contribution in [0.5, 0.6) is 0 Å². The molecule has 1 aliphatic heterocycles. The topological polar surface area (TPSA) is 68.0 Å². The van der Waals surface area contributed by atoms with Gasteiger partial charge in [0, 0.05) is 12.0 Å². The third kappa shape index (κ3) is 2.03. The Kier molecular flexibility index (Phi) is 2.75. The lowest BCUT2D eigenvalue weighted by atomic mass is 9.83. The van der Waals surface area contributed by atoms with Gasteiger partial charge in [-0.1, -0.05) is 6.92 Å². The van der Waals surface area contributed by atoms with E-state index in [0.717, 1.165) is 30.9 Å². The number of primary amides is 1. The predicted molar refractivity (Wildman–Crippen MR) is 60.1 cm³/mol. The highest BCUT2D eigenvalue weighted by Crippen LogP contribution is 2.33. The molecule has 2 rings (SSSR count). The molecule has 4 nitrogen and oxygen atoms in total. The van der Waals surface area contributed by atoms with Crippen LogP contribution in [0.15, 0.2) is 6.20 Å². The first kappa shape index (κ1) is 10.6. The molecule has 1 saturated heterocycles. The fourth-order valence-electron chi connectivity index (χ4n) is 1.91. The fourth-order valence-corrected chi connectivity index (χ4v) is 2.85. The van der Waals surface area contributed by atoms with Crippen molar-refractivity contribution in [3.05, 3.63) is 16.1 Å². The van der Waals surface area contributed by atoms with Crippen LogP contribution >= 0.6 is 11.3 Å². The predicted octanol–water partition coefficient (Wildman–Crippen LogP) is 0.883. The van der Waals surface area contributed by atoms with Crippen molar-refractivity contribution in [3.8, 4) is 0 Å². The van der Waals surface area contributed by atoms with E-state index in [4.69, 9.17) is 5.73 Å². The van der Waals surface area contributed by atoms with Gasteiger partial charge in [-0.05, 0) is 19.4 Å². The molecule has 1 amide bonds. The lowest BCUT2D eigenvalue weighted by Crippen LogP contribution is -2.40. The SMILES string of the molecule is C[C@@]1(c2ncc(C(N)=O)s2)CCCNC1. The van der Waals surface area contributed by atoms with E-state index in [1.54, 1.807) is 6.20 Å². The second kappa shape index (κ2) is 3.90. The summed E-state index contributed by atoms with van der Waals surface area (Å²) in [6.07, 6.45) is 3.86. The van der Waals surface area contributed by atoms with Crippen molar-refractivity contribution >= 4 is 17.2 Å². The largest absolute Gasteiger partial charge is 0.365 e. The Bertz CT molecular complexity index is 368. The number of nitrogens with zero attached hydrogens (tertiary/aromatic N) is 1. The molecule has 1 atom stereocenters. The van der Waals surface area contributed by atoms with Crippen LogP contribution in [0.3, 0.4) is 0 Å². The van der Waals surface area contributed by atoms with Crippen LogP contribution in [0.25, 0.3) is 0 Å². The zero-order valence-corrected chi connectivity index (χ0v) is 9.56. The number of hydrogen-bond acceptors (Lipinski definition) is 4. The van der Waals surface area contributed by atoms with Gasteiger partial charge < -0.3 is 11.1 Å². The third-order valence-corrected chi connectivity index (χ3v) is 4.18. The minimum absolute atomic E-state index is 0.0661. The molecule has 5 heteroatoms. The molecule has 82 valence electrons. The summed E-state index contributed by atoms with van der Waals surface area (Å²) >= 11 is 1.42. The van der Waals surface area contributed by atoms with E-state index in [-0.39, 0.29) is 11.3 Å². The lowest BCUT2D eigenvalue weighted by molar-refractivity contribution is 0.100. The number of nitrogens with two attached hydrogens (primary N) is 1. The first-order valence-corrected chi connectivity index (χ1v) is 5.90. The van der Waals surface area contributed by atoms with Crippen molar-refractivity contribution in [3.63, 3.8) is 0 Å². The highest BCUT2D eigenvalue weighted by molar-refractivity contribution is 7.13. The highest BCUT2D eigenvalue weighted by Gasteiger charge is 2.31. The van der Waals surface area contributed by atoms with Crippen LogP contribution in [-0.2, 0) is 5.41 Å². The number of amides is 1. The summed E-state index contributed by atoms with van der Waals surface area (Å²) in [6, 6.07) is 0. The molecule has 1 fully saturated rings. The maximum absolute atomic E-state index is 11.0. The number of hydrogen-bond donors (Lipinski definition) is 2. The molecular formula is C10H15N3OS. The molecule has 2 heterocycles. The zero-order chi connectivity index (χ0) is 10.9. The summed E-state index contributed by atoms with van der Waals surface area (Å²) in [5.74, 6) is -0.383. The number of nitrogens with one attached hydrogen (secondary N) is 1. The molecule has 0 radical (unpaired) electrons. The van der Waals surface area contributed by atoms with Crippen LogP contribution in [0.4, 0.5) is 0 Å². The Morgan fingerprint density at radius 3 is 3.07 bits per heavy atom. The van der Waals surface area contributed by atoms with Crippen LogP contribution in [-0.4, -0.2) is 24.0 Å². The van der Waals surface area contributed by atoms with Crippen molar-refractivity contribution in [1.82, 2.24) is 10.3 Å². The molecule has 0 unspecified atom stereocenters. The zero-order valence-electron chi connectivity index (χ0n) is 8.75. The molecule has 1 aromatic rings. The van der Waals surface area contributed by atoms with Crippen LogP contribution < -0.4 is 11.1 Å². The molecule has 0 aliphatic carbocycles. The average Bonchev–Trinajstić information content (AvgIpc) is 2.68. The molecule has 15 heavy (non-hydrogen) atoms. The van der Waals surface area contributed by atoms with Crippen molar-refractivity contribution in [2.45, 2.75) is 25.2 Å². The molecule has 0 spiro atoms. The van der Waals surface area contributed by atoms with E-state index in [2.05, 4.69) is 17.2 Å². The smallest absolute Gasteiger partial charge is 0.260 e. The third-order valence-electron chi connectivity index (χ3n) is 2.86. The molecule has 0 aromatic carbocycles. The van der Waals surface area contributed by atoms with Gasteiger partial charge in [-0.25, -0.2) is 4.98 Å². The Labute approximate surface area is 92.9 Å². The van der Waals surface area contributed by atoms with Gasteiger partial charge in [0.05, 0.1) is 6.20 Å². The summed E-state index contributed by atoms with van der Waals surface area (Å²) in [6.45, 7) is 4.19. The molecule has 0 bridgehead atoms. The van der Waals surface area contributed by atoms with Gasteiger partial charge in [0.1, 0.15) is 9.88 Å². The monoisotopic (exact) mass is 225 g/mol. The van der Waals surface area contributed by atoms with Gasteiger partial charge in [-0.3, -0.25) is 4.79 Å². The quantitative estimate of drug-likeness (QED) is 0.785. The maximum atomic E-state index is 11.0. The molecule has 0 saturated carbocycles. The van der Waals surface area contributed by atoms with E-state index >= 15 is 0 Å². The number of carbonyl (C=O) groups is 1. The van der Waals surface area contributed by atoms with Gasteiger partial charge >= 0.3 is 0 Å². The number of carbonyl (C=O) groups excluding carboxylic acids is 1. The highest BCUT2D eigenvalue weighted by atomic mass is 32.1. The molecular weight excluding hydrogens is 210 g/mol. The van der Waals surface area contributed by atoms with Crippen molar-refractivity contribution in [1.29, 1.82) is 0 Å². The number of piperidine rings is 1. The molecule has 1 aliphatic rings. The van der Waals surface area contributed by atoms with Gasteiger partial charge in [0.15, 0.2) is 0 Å². The number of rotatable bonds is 2. The lowest BCUT2D eigenvalue weighted by Gasteiger charge is -2.32. The summed E-state index contributed by atoms with van der Waals surface area (Å²) in [7, 11) is 0. The van der Waals surface area contributed by atoms with E-state index in [1.807, 2.05) is 0 Å². The Hall–Kier alpha value is -0.940. The minimum atomic E-state index is -0.383. The van der Waals surface area contributed by atoms with Crippen LogP contribution in [0.1, 0.15) is 34.4 Å². The maximum Gasteiger partial charge on any atom is 0.260 e. The number of aromatic nitrogens is 1. The normalized spacial score (nSPS) is 26.5. The van der Waals surface area contributed by atoms with E-state index in [9.17, 15) is 4.79 Å². The summed E-state index contributed by atoms with van der Waals surface area (Å²) in [5.41, 5.74) is 5.28. The first-order valence-electron chi connectivity index (χ1n) is 5.09. The second-order valence-electron chi connectivity index (χ2n) is 4.23. The van der Waals surface area contributed by atoms with Crippen molar-refractivity contribution in [2.24, 2.45) is 5.73 Å². The Morgan fingerprint density at radius 1 is 1.73 bits per heavy atom. The van der Waals surface area contributed by atoms with Gasteiger partial charge in [-0.15, -0.1) is 11.3 Å². The summed E-state index contributed by atoms with van der Waals surface area (Å²) < 4.78 is 0. The van der Waals surface area contributed by atoms with Gasteiger partial charge in [0.2, 0.25) is 0 Å². The fraction of sp³-hybridized carbons (Fsp3) is 0.600. The van der Waals surface area contributed by atoms with Gasteiger partial charge in [0.25, 0.3) is 5.91 Å². The van der Waals surface area contributed by atoms with E-state index in [0.29, 0.717) is 4.88 Å². The van der Waals surface area contributed by atoms with Crippen LogP contribution in [0.2, 0.25) is 0 Å². The second-order valence-corrected chi connectivity index (χ2v) is 5.27. The van der Waals surface area contributed by atoms with E-state index in [1.165, 1.54) is 11.3 Å². The van der Waals surface area contributed by atoms with Gasteiger partial charge in [-0.2, -0.15) is 0 Å². The molecule has 3 N–H and O–H groups in total. The molecule has 1 aromatic heterocycles. The number of thiazole rings is 1. The van der Waals surface area contributed by atoms with Crippen molar-refractivity contribution < 1.29 is 4.79 Å². The summed E-state index contributed by atoms with van der Waals surface area (Å²) in [5, 5.41) is 4.38. The Morgan fingerprint density at radius 2 is 2.53 bits per heavy atom. The standard InChI is InChI=1S/C10H15N3OS/c1-10(3-2-4-12-6-10)9-13-5-7(15-9)8(11)14/h5,12H,2-4,6H2,1H3,(H2,11,14)/t10-/m1/s1. The van der Waals surface area contributed by atoms with E-state index < -0.39 is 0 Å². The average molecular weight is 225 g/mol.